The lowest BCUT2D eigenvalue weighted by molar-refractivity contribution is -0.132. The monoisotopic (exact) mass is 274 g/mol. The molecule has 0 saturated carbocycles. The molecule has 2 heterocycles. The van der Waals surface area contributed by atoms with Crippen LogP contribution in [0.25, 0.3) is 0 Å². The minimum atomic E-state index is -0.975. The molecule has 0 spiro atoms. The topological polar surface area (TPSA) is 58.6 Å². The number of ether oxygens (including phenoxy) is 1. The molecule has 5 nitrogen and oxygen atoms in total. The lowest BCUT2D eigenvalue weighted by Crippen LogP contribution is -2.41. The number of urea groups is 1. The van der Waals surface area contributed by atoms with Gasteiger partial charge in [-0.3, -0.25) is 9.69 Å². The maximum atomic E-state index is 12.6. The minimum Gasteiger partial charge on any atom is -0.376 e. The molecular weight excluding hydrogens is 256 g/mol. The Labute approximate surface area is 117 Å². The van der Waals surface area contributed by atoms with Crippen molar-refractivity contribution in [2.45, 2.75) is 31.4 Å². The largest absolute Gasteiger partial charge is 0.376 e. The maximum Gasteiger partial charge on any atom is 0.325 e. The van der Waals surface area contributed by atoms with Crippen LogP contribution >= 0.6 is 0 Å². The van der Waals surface area contributed by atoms with E-state index in [4.69, 9.17) is 4.74 Å². The molecule has 2 saturated heterocycles. The molecule has 1 aromatic rings. The van der Waals surface area contributed by atoms with E-state index in [1.807, 2.05) is 30.3 Å². The summed E-state index contributed by atoms with van der Waals surface area (Å²) in [6, 6.07) is 8.99. The highest BCUT2D eigenvalue weighted by Gasteiger charge is 2.49. The molecule has 1 N–H and O–H groups in total. The minimum absolute atomic E-state index is 0.0252. The summed E-state index contributed by atoms with van der Waals surface area (Å²) in [7, 11) is 0. The van der Waals surface area contributed by atoms with E-state index < -0.39 is 5.54 Å². The predicted molar refractivity (Wildman–Crippen MR) is 73.0 cm³/mol. The summed E-state index contributed by atoms with van der Waals surface area (Å²) < 4.78 is 5.51. The standard InChI is InChI=1S/C15H18N2O3/c1-15(11-6-3-2-4-7-11)13(18)17(14(19)16-15)10-12-8-5-9-20-12/h2-4,6-7,12H,5,8-10H2,1H3,(H,16,19)/t12-,15+/m0/s1. The van der Waals surface area contributed by atoms with Crippen LogP contribution in [0, 0.1) is 0 Å². The van der Waals surface area contributed by atoms with Crippen molar-refractivity contribution in [1.82, 2.24) is 10.2 Å². The Morgan fingerprint density at radius 3 is 2.75 bits per heavy atom. The summed E-state index contributed by atoms with van der Waals surface area (Å²) in [5.41, 5.74) is -0.176. The van der Waals surface area contributed by atoms with Crippen LogP contribution in [0.1, 0.15) is 25.3 Å². The van der Waals surface area contributed by atoms with Crippen LogP contribution in [0.5, 0.6) is 0 Å². The van der Waals surface area contributed by atoms with E-state index in [0.717, 1.165) is 18.4 Å². The zero-order chi connectivity index (χ0) is 14.2. The van der Waals surface area contributed by atoms with E-state index in [9.17, 15) is 9.59 Å². The van der Waals surface area contributed by atoms with E-state index in [0.29, 0.717) is 13.2 Å². The van der Waals surface area contributed by atoms with Crippen molar-refractivity contribution in [1.29, 1.82) is 0 Å². The molecule has 2 aliphatic heterocycles. The smallest absolute Gasteiger partial charge is 0.325 e. The number of carbonyl (C=O) groups excluding carboxylic acids is 2. The van der Waals surface area contributed by atoms with Crippen LogP contribution in [0.3, 0.4) is 0 Å². The average molecular weight is 274 g/mol. The molecule has 0 aromatic heterocycles. The van der Waals surface area contributed by atoms with Crippen LogP contribution in [0.2, 0.25) is 0 Å². The number of imide groups is 1. The number of carbonyl (C=O) groups is 2. The predicted octanol–water partition coefficient (Wildman–Crippen LogP) is 1.63. The highest BCUT2D eigenvalue weighted by molar-refractivity contribution is 6.07. The summed E-state index contributed by atoms with van der Waals surface area (Å²) in [5.74, 6) is -0.204. The number of hydrogen-bond acceptors (Lipinski definition) is 3. The number of amides is 3. The van der Waals surface area contributed by atoms with Crippen molar-refractivity contribution in [2.24, 2.45) is 0 Å². The molecule has 3 rings (SSSR count). The Morgan fingerprint density at radius 1 is 1.35 bits per heavy atom. The average Bonchev–Trinajstić information content (AvgIpc) is 3.04. The van der Waals surface area contributed by atoms with Gasteiger partial charge in [0.05, 0.1) is 12.6 Å². The number of hydrogen-bond donors (Lipinski definition) is 1. The second-order valence-electron chi connectivity index (χ2n) is 5.47. The molecule has 0 bridgehead atoms. The normalized spacial score (nSPS) is 29.9. The Balaban J connectivity index is 1.82. The van der Waals surface area contributed by atoms with Gasteiger partial charge in [-0.15, -0.1) is 0 Å². The number of nitrogens with zero attached hydrogens (tertiary/aromatic N) is 1. The van der Waals surface area contributed by atoms with Gasteiger partial charge in [0.25, 0.3) is 5.91 Å². The van der Waals surface area contributed by atoms with Crippen molar-refractivity contribution >= 4 is 11.9 Å². The Bertz CT molecular complexity index is 525. The number of nitrogens with one attached hydrogen (secondary N) is 1. The molecule has 5 heteroatoms. The fourth-order valence-corrected chi connectivity index (χ4v) is 2.82. The van der Waals surface area contributed by atoms with Gasteiger partial charge in [0.2, 0.25) is 0 Å². The second-order valence-corrected chi connectivity index (χ2v) is 5.47. The molecule has 1 aromatic carbocycles. The third-order valence-electron chi connectivity index (χ3n) is 4.04. The third kappa shape index (κ3) is 2.08. The van der Waals surface area contributed by atoms with Gasteiger partial charge in [-0.25, -0.2) is 4.79 Å². The van der Waals surface area contributed by atoms with Crippen LogP contribution in [0.4, 0.5) is 4.79 Å². The van der Waals surface area contributed by atoms with Crippen molar-refractivity contribution < 1.29 is 14.3 Å². The van der Waals surface area contributed by atoms with Gasteiger partial charge >= 0.3 is 6.03 Å². The third-order valence-corrected chi connectivity index (χ3v) is 4.04. The van der Waals surface area contributed by atoms with Crippen molar-refractivity contribution in [2.75, 3.05) is 13.2 Å². The van der Waals surface area contributed by atoms with E-state index in [2.05, 4.69) is 5.32 Å². The van der Waals surface area contributed by atoms with Crippen LogP contribution in [0.15, 0.2) is 30.3 Å². The lowest BCUT2D eigenvalue weighted by Gasteiger charge is -2.23. The first-order chi connectivity index (χ1) is 9.61. The molecule has 2 aliphatic rings. The summed E-state index contributed by atoms with van der Waals surface area (Å²) in [4.78, 5) is 26.0. The molecule has 2 atom stereocenters. The van der Waals surface area contributed by atoms with Crippen molar-refractivity contribution in [3.8, 4) is 0 Å². The van der Waals surface area contributed by atoms with Crippen LogP contribution in [-0.2, 0) is 15.1 Å². The maximum absolute atomic E-state index is 12.6. The first-order valence-corrected chi connectivity index (χ1v) is 6.92. The fourth-order valence-electron chi connectivity index (χ4n) is 2.82. The number of benzene rings is 1. The van der Waals surface area contributed by atoms with Gasteiger partial charge in [0.1, 0.15) is 5.54 Å². The van der Waals surface area contributed by atoms with Gasteiger partial charge in [0, 0.05) is 6.61 Å². The van der Waals surface area contributed by atoms with Crippen molar-refractivity contribution in [3.05, 3.63) is 35.9 Å². The molecule has 0 aliphatic carbocycles. The first-order valence-electron chi connectivity index (χ1n) is 6.92. The van der Waals surface area contributed by atoms with Gasteiger partial charge < -0.3 is 10.1 Å². The number of rotatable bonds is 3. The molecule has 0 radical (unpaired) electrons. The Kier molecular flexibility index (Phi) is 3.22. The highest BCUT2D eigenvalue weighted by Crippen LogP contribution is 2.29. The van der Waals surface area contributed by atoms with E-state index >= 15 is 0 Å². The van der Waals surface area contributed by atoms with E-state index in [1.54, 1.807) is 6.92 Å². The quantitative estimate of drug-likeness (QED) is 0.852. The van der Waals surface area contributed by atoms with Gasteiger partial charge in [-0.05, 0) is 25.3 Å². The van der Waals surface area contributed by atoms with Crippen LogP contribution in [-0.4, -0.2) is 36.1 Å². The zero-order valence-electron chi connectivity index (χ0n) is 11.5. The Morgan fingerprint density at radius 2 is 2.10 bits per heavy atom. The summed E-state index contributed by atoms with van der Waals surface area (Å²) in [6.07, 6.45) is 1.87. The molecule has 20 heavy (non-hydrogen) atoms. The zero-order valence-corrected chi connectivity index (χ0v) is 11.5. The SMILES string of the molecule is C[C@]1(c2ccccc2)NC(=O)N(C[C@@H]2CCCO2)C1=O. The highest BCUT2D eigenvalue weighted by atomic mass is 16.5. The molecule has 3 amide bonds. The first kappa shape index (κ1) is 13.1. The lowest BCUT2D eigenvalue weighted by atomic mass is 9.92. The van der Waals surface area contributed by atoms with Crippen molar-refractivity contribution in [3.63, 3.8) is 0 Å². The summed E-state index contributed by atoms with van der Waals surface area (Å²) in [6.45, 7) is 2.80. The fraction of sp³-hybridized carbons (Fsp3) is 0.467. The Hall–Kier alpha value is -1.88. The molecule has 0 unspecified atom stereocenters. The van der Waals surface area contributed by atoms with E-state index in [1.165, 1.54) is 4.90 Å². The second kappa shape index (κ2) is 4.90. The molecule has 106 valence electrons. The summed E-state index contributed by atoms with van der Waals surface area (Å²) in [5, 5.41) is 2.80. The van der Waals surface area contributed by atoms with E-state index in [-0.39, 0.29) is 18.0 Å². The summed E-state index contributed by atoms with van der Waals surface area (Å²) >= 11 is 0. The molecular formula is C15H18N2O3. The van der Waals surface area contributed by atoms with Gasteiger partial charge in [-0.1, -0.05) is 30.3 Å². The molecule has 2 fully saturated rings. The van der Waals surface area contributed by atoms with Gasteiger partial charge in [0.15, 0.2) is 0 Å². The van der Waals surface area contributed by atoms with Crippen LogP contribution < -0.4 is 5.32 Å². The van der Waals surface area contributed by atoms with Gasteiger partial charge in [-0.2, -0.15) is 0 Å².